The zero-order chi connectivity index (χ0) is 37.3. The molecule has 0 aliphatic heterocycles. The van der Waals surface area contributed by atoms with E-state index in [1.165, 1.54) is 70.6 Å². The molecule has 4 rings (SSSR count). The number of aromatic nitrogens is 3. The zero-order valence-corrected chi connectivity index (χ0v) is 32.3. The van der Waals surface area contributed by atoms with Crippen molar-refractivity contribution in [1.82, 2.24) is 15.1 Å². The summed E-state index contributed by atoms with van der Waals surface area (Å²) in [6.07, 6.45) is 21.5. The summed E-state index contributed by atoms with van der Waals surface area (Å²) in [5, 5.41) is 13.4. The quantitative estimate of drug-likeness (QED) is 0.167. The fourth-order valence-electron chi connectivity index (χ4n) is 7.22. The van der Waals surface area contributed by atoms with Crippen LogP contribution in [0.1, 0.15) is 180 Å². The molecule has 2 fully saturated rings. The lowest BCUT2D eigenvalue weighted by atomic mass is 9.84. The lowest BCUT2D eigenvalue weighted by molar-refractivity contribution is -0.160. The minimum Gasteiger partial charge on any atom is -0.481 e. The molecule has 2 aromatic heterocycles. The second-order valence-electron chi connectivity index (χ2n) is 16.7. The van der Waals surface area contributed by atoms with Gasteiger partial charge in [-0.25, -0.2) is 0 Å². The second kappa shape index (κ2) is 21.3. The minimum absolute atomic E-state index is 0.0166. The van der Waals surface area contributed by atoms with Crippen LogP contribution in [-0.2, 0) is 30.3 Å². The average Bonchev–Trinajstić information content (AvgIpc) is 3.52. The Morgan fingerprint density at radius 1 is 0.804 bits per heavy atom. The summed E-state index contributed by atoms with van der Waals surface area (Å²) in [5.74, 6) is 0.502. The first-order chi connectivity index (χ1) is 24.2. The molecular weight excluding hydrogens is 646 g/mol. The third-order valence-corrected chi connectivity index (χ3v) is 9.69. The Balaban J connectivity index is 0.000000295. The molecule has 2 saturated carbocycles. The van der Waals surface area contributed by atoms with Gasteiger partial charge >= 0.3 is 17.9 Å². The maximum absolute atomic E-state index is 12.5. The number of carboxylic acid groups (broad SMARTS) is 1. The molecule has 0 unspecified atom stereocenters. The van der Waals surface area contributed by atoms with Gasteiger partial charge in [0.1, 0.15) is 11.2 Å². The highest BCUT2D eigenvalue weighted by Gasteiger charge is 2.27. The average molecular weight is 712 g/mol. The van der Waals surface area contributed by atoms with Crippen molar-refractivity contribution < 1.29 is 33.5 Å². The monoisotopic (exact) mass is 711 g/mol. The van der Waals surface area contributed by atoms with E-state index in [1.807, 2.05) is 39.0 Å². The van der Waals surface area contributed by atoms with E-state index in [2.05, 4.69) is 15.1 Å². The van der Waals surface area contributed by atoms with Gasteiger partial charge in [-0.3, -0.25) is 19.4 Å². The smallest absolute Gasteiger partial charge is 0.307 e. The molecule has 0 radical (unpaired) electrons. The van der Waals surface area contributed by atoms with E-state index in [1.54, 1.807) is 27.0 Å². The van der Waals surface area contributed by atoms with Gasteiger partial charge in [0, 0.05) is 17.8 Å². The van der Waals surface area contributed by atoms with Gasteiger partial charge < -0.3 is 19.1 Å². The number of carboxylic acids is 1. The van der Waals surface area contributed by atoms with E-state index < -0.39 is 29.1 Å². The first-order valence-corrected chi connectivity index (χ1v) is 19.6. The van der Waals surface area contributed by atoms with Crippen molar-refractivity contribution >= 4 is 17.9 Å². The van der Waals surface area contributed by atoms with Gasteiger partial charge in [-0.15, -0.1) is 0 Å². The third kappa shape index (κ3) is 18.2. The van der Waals surface area contributed by atoms with Crippen LogP contribution in [-0.4, -0.2) is 49.3 Å². The number of hydrogen-bond donors (Lipinski definition) is 1. The molecule has 2 aliphatic carbocycles. The van der Waals surface area contributed by atoms with E-state index in [-0.39, 0.29) is 24.7 Å². The Morgan fingerprint density at radius 2 is 1.35 bits per heavy atom. The second-order valence-corrected chi connectivity index (χ2v) is 16.7. The van der Waals surface area contributed by atoms with Crippen LogP contribution in [0.5, 0.6) is 0 Å². The summed E-state index contributed by atoms with van der Waals surface area (Å²) in [6, 6.07) is 5.77. The molecular formula is C41H65N3O7. The van der Waals surface area contributed by atoms with Crippen molar-refractivity contribution in [3.05, 3.63) is 41.8 Å². The molecule has 51 heavy (non-hydrogen) atoms. The van der Waals surface area contributed by atoms with Gasteiger partial charge in [-0.1, -0.05) is 101 Å². The zero-order valence-electron chi connectivity index (χ0n) is 32.3. The molecule has 0 spiro atoms. The van der Waals surface area contributed by atoms with Crippen LogP contribution in [0.3, 0.4) is 0 Å². The van der Waals surface area contributed by atoms with Crippen LogP contribution in [0.2, 0.25) is 0 Å². The highest BCUT2D eigenvalue weighted by atomic mass is 16.6. The number of carbonyl (C=O) groups is 3. The number of hydrogen-bond acceptors (Lipinski definition) is 9. The third-order valence-electron chi connectivity index (χ3n) is 9.69. The summed E-state index contributed by atoms with van der Waals surface area (Å²) in [4.78, 5) is 44.4. The minimum atomic E-state index is -0.885. The standard InChI is InChI=1S/C24H35N3O3.C17H30O4/c1-24(2,3)29-22(28)16-19(13-9-12-18-10-5-4-6-11-18)23-26-21(27-30-23)17-20-14-7-8-15-25-20;1-17(2,3)21-15(18)12-14(16(19)20)11-7-10-13-8-5-4-6-9-13/h7-8,14-15,18-19H,4-6,9-13,16-17H2,1-3H3;13-14H,4-12H2,1-3H3,(H,19,20)/t19-;14-/m11/s1. The van der Waals surface area contributed by atoms with Crippen LogP contribution < -0.4 is 0 Å². The first-order valence-electron chi connectivity index (χ1n) is 19.6. The molecule has 0 amide bonds. The highest BCUT2D eigenvalue weighted by Crippen LogP contribution is 2.32. The van der Waals surface area contributed by atoms with Crippen LogP contribution in [0, 0.1) is 17.8 Å². The molecule has 0 saturated heterocycles. The molecule has 10 heteroatoms. The Bertz CT molecular complexity index is 1300. The van der Waals surface area contributed by atoms with E-state index in [4.69, 9.17) is 14.0 Å². The molecule has 2 atom stereocenters. The van der Waals surface area contributed by atoms with Crippen molar-refractivity contribution in [3.8, 4) is 0 Å². The summed E-state index contributed by atoms with van der Waals surface area (Å²) < 4.78 is 16.3. The van der Waals surface area contributed by atoms with Gasteiger partial charge in [-0.05, 0) is 78.4 Å². The number of rotatable bonds is 16. The number of aliphatic carboxylic acids is 1. The maximum Gasteiger partial charge on any atom is 0.307 e. The predicted octanol–water partition coefficient (Wildman–Crippen LogP) is 9.79. The fraction of sp³-hybridized carbons (Fsp3) is 0.756. The summed E-state index contributed by atoms with van der Waals surface area (Å²) in [7, 11) is 0. The first kappa shape index (κ1) is 42.1. The van der Waals surface area contributed by atoms with Crippen molar-refractivity contribution in [3.63, 3.8) is 0 Å². The normalized spacial score (nSPS) is 17.1. The van der Waals surface area contributed by atoms with Gasteiger partial charge in [0.15, 0.2) is 5.82 Å². The molecule has 1 N–H and O–H groups in total. The van der Waals surface area contributed by atoms with Gasteiger partial charge in [0.2, 0.25) is 5.89 Å². The Labute approximate surface area is 306 Å². The van der Waals surface area contributed by atoms with Crippen molar-refractivity contribution in [2.45, 2.75) is 181 Å². The SMILES string of the molecule is CC(C)(C)OC(=O)C[C@@H](CCCC1CCCCC1)C(=O)O.CC(C)(C)OC(=O)C[C@@H](CCCC1CCCCC1)c1nc(Cc2ccccn2)no1. The van der Waals surface area contributed by atoms with Crippen molar-refractivity contribution in [1.29, 1.82) is 0 Å². The lowest BCUT2D eigenvalue weighted by Gasteiger charge is -2.23. The molecule has 2 aliphatic rings. The lowest BCUT2D eigenvalue weighted by Crippen LogP contribution is -2.27. The Hall–Kier alpha value is -3.30. The molecule has 2 heterocycles. The number of pyridine rings is 1. The van der Waals surface area contributed by atoms with Crippen molar-refractivity contribution in [2.24, 2.45) is 17.8 Å². The summed E-state index contributed by atoms with van der Waals surface area (Å²) >= 11 is 0. The number of ether oxygens (including phenoxy) is 2. The van der Waals surface area contributed by atoms with Crippen LogP contribution >= 0.6 is 0 Å². The van der Waals surface area contributed by atoms with Gasteiger partial charge in [-0.2, -0.15) is 4.98 Å². The van der Waals surface area contributed by atoms with Crippen LogP contribution in [0.25, 0.3) is 0 Å². The molecule has 0 bridgehead atoms. The van der Waals surface area contributed by atoms with E-state index in [0.29, 0.717) is 24.6 Å². The largest absolute Gasteiger partial charge is 0.481 e. The molecule has 286 valence electrons. The Kier molecular flexibility index (Phi) is 17.6. The van der Waals surface area contributed by atoms with Gasteiger partial charge in [0.25, 0.3) is 0 Å². The Morgan fingerprint density at radius 3 is 1.86 bits per heavy atom. The summed E-state index contributed by atoms with van der Waals surface area (Å²) in [6.45, 7) is 11.1. The number of carbonyl (C=O) groups excluding carboxylic acids is 2. The van der Waals surface area contributed by atoms with Gasteiger partial charge in [0.05, 0.1) is 25.2 Å². The maximum atomic E-state index is 12.5. The molecule has 10 nitrogen and oxygen atoms in total. The van der Waals surface area contributed by atoms with Crippen molar-refractivity contribution in [2.75, 3.05) is 0 Å². The number of nitrogens with zero attached hydrogens (tertiary/aromatic N) is 3. The fourth-order valence-corrected chi connectivity index (χ4v) is 7.22. The molecule has 0 aromatic carbocycles. The topological polar surface area (TPSA) is 142 Å². The number of esters is 2. The predicted molar refractivity (Wildman–Crippen MR) is 197 cm³/mol. The van der Waals surface area contributed by atoms with E-state index in [0.717, 1.165) is 43.2 Å². The van der Waals surface area contributed by atoms with E-state index >= 15 is 0 Å². The highest BCUT2D eigenvalue weighted by molar-refractivity contribution is 5.78. The van der Waals surface area contributed by atoms with Crippen LogP contribution in [0.15, 0.2) is 28.9 Å². The van der Waals surface area contributed by atoms with Crippen LogP contribution in [0.4, 0.5) is 0 Å². The summed E-state index contributed by atoms with van der Waals surface area (Å²) in [5.41, 5.74) is -0.156. The van der Waals surface area contributed by atoms with E-state index in [9.17, 15) is 19.5 Å². The molecule has 2 aromatic rings.